The number of ether oxygens (including phenoxy) is 7. The van der Waals surface area contributed by atoms with E-state index in [4.69, 9.17) is 126 Å². The van der Waals surface area contributed by atoms with E-state index in [2.05, 4.69) is 23.7 Å². The van der Waals surface area contributed by atoms with Crippen LogP contribution in [0.15, 0.2) is 72.8 Å². The molecule has 4 aromatic rings. The van der Waals surface area contributed by atoms with Crippen molar-refractivity contribution in [3.05, 3.63) is 135 Å². The van der Waals surface area contributed by atoms with Gasteiger partial charge in [0.05, 0.1) is 39.6 Å². The summed E-state index contributed by atoms with van der Waals surface area (Å²) in [7, 11) is 0. The lowest BCUT2D eigenvalue weighted by atomic mass is 9.95. The molecule has 0 radical (unpaired) electrons. The molecule has 61 heavy (non-hydrogen) atoms. The molecule has 7 rings (SSSR count). The molecule has 8 atom stereocenters. The van der Waals surface area contributed by atoms with E-state index in [1.54, 1.807) is 74.5 Å². The Labute approximate surface area is 394 Å². The highest BCUT2D eigenvalue weighted by atomic mass is 35.5. The fraction of sp³-hybridized carbons (Fsp3) is 0.364. The molecule has 3 saturated heterocycles. The van der Waals surface area contributed by atoms with Gasteiger partial charge in [-0.05, 0) is 84.6 Å². The van der Waals surface area contributed by atoms with Crippen molar-refractivity contribution < 1.29 is 43.4 Å². The van der Waals surface area contributed by atoms with Crippen molar-refractivity contribution in [1.82, 2.24) is 0 Å². The Bertz CT molecular complexity index is 2310. The number of aliphatic hydroxyl groups is 2. The zero-order chi connectivity index (χ0) is 43.9. The zero-order valence-corrected chi connectivity index (χ0v) is 38.5. The Balaban J connectivity index is 0.000000204. The fourth-order valence-corrected chi connectivity index (χ4v) is 8.49. The maximum Gasteiger partial charge on any atom is 0.210 e. The molecular formula is C44H38Cl8O9. The van der Waals surface area contributed by atoms with Crippen molar-refractivity contribution in [2.24, 2.45) is 0 Å². The Morgan fingerprint density at radius 1 is 0.557 bits per heavy atom. The standard InChI is InChI=1S/C22H20Cl4O5.C22H18Cl4O4/c1-2-7-22(28)20(30-11-14-4-6-16(24)9-18(14)26)19(31-21(22)27)12-29-10-13-3-5-15(23)8-17(13)25;1-2-7-22-20(28-11-14-4-6-16(24)9-18(14)26)19(29-21(22)30-22)12-27-10-13-3-5-15(23)8-17(13)25/h3-6,8-9,19-21,27-28H,10-12H2,1H3;3-6,8-9,19-21H,10-12H2,1H3/t19-,20-,21?,22-;19-,20-,21-,22-/m11/s1. The maximum absolute atomic E-state index is 11.0. The molecule has 0 aliphatic carbocycles. The number of benzene rings is 4. The van der Waals surface area contributed by atoms with E-state index in [-0.39, 0.29) is 32.5 Å². The molecule has 0 aromatic heterocycles. The molecular weight excluding hydrogens is 956 g/mol. The van der Waals surface area contributed by atoms with Crippen LogP contribution in [0.2, 0.25) is 40.2 Å². The molecule has 17 heteroatoms. The molecule has 3 aliphatic heterocycles. The Hall–Kier alpha value is -2.04. The minimum absolute atomic E-state index is 0.0166. The Morgan fingerprint density at radius 2 is 0.951 bits per heavy atom. The van der Waals surface area contributed by atoms with Crippen LogP contribution in [0, 0.1) is 23.7 Å². The topological polar surface area (TPSA) is 108 Å². The van der Waals surface area contributed by atoms with Crippen LogP contribution in [-0.2, 0) is 59.6 Å². The van der Waals surface area contributed by atoms with E-state index in [0.717, 1.165) is 16.7 Å². The summed E-state index contributed by atoms with van der Waals surface area (Å²) in [6.07, 6.45) is -4.56. The lowest BCUT2D eigenvalue weighted by molar-refractivity contribution is -0.158. The number of halogens is 8. The molecule has 1 unspecified atom stereocenters. The van der Waals surface area contributed by atoms with Gasteiger partial charge < -0.3 is 43.4 Å². The third kappa shape index (κ3) is 12.0. The van der Waals surface area contributed by atoms with E-state index in [1.807, 2.05) is 12.1 Å². The first-order valence-electron chi connectivity index (χ1n) is 18.6. The third-order valence-corrected chi connectivity index (χ3v) is 12.1. The molecule has 324 valence electrons. The van der Waals surface area contributed by atoms with Gasteiger partial charge in [-0.1, -0.05) is 129 Å². The summed E-state index contributed by atoms with van der Waals surface area (Å²) in [5.41, 5.74) is 0.344. The number of hydrogen-bond acceptors (Lipinski definition) is 9. The van der Waals surface area contributed by atoms with Crippen LogP contribution < -0.4 is 0 Å². The van der Waals surface area contributed by atoms with Gasteiger partial charge in [-0.25, -0.2) is 0 Å². The molecule has 2 N–H and O–H groups in total. The second-order valence-electron chi connectivity index (χ2n) is 14.0. The molecule has 4 aromatic carbocycles. The first kappa shape index (κ1) is 48.4. The van der Waals surface area contributed by atoms with E-state index < -0.39 is 42.1 Å². The van der Waals surface area contributed by atoms with E-state index in [1.165, 1.54) is 0 Å². The van der Waals surface area contributed by atoms with Crippen LogP contribution in [0.5, 0.6) is 0 Å². The molecule has 3 fully saturated rings. The van der Waals surface area contributed by atoms with E-state index in [9.17, 15) is 10.2 Å². The van der Waals surface area contributed by atoms with Crippen LogP contribution in [0.4, 0.5) is 0 Å². The van der Waals surface area contributed by atoms with Gasteiger partial charge in [0, 0.05) is 40.2 Å². The third-order valence-electron chi connectivity index (χ3n) is 9.73. The largest absolute Gasteiger partial charge is 0.374 e. The molecule has 3 aliphatic rings. The normalized spacial score (nSPS) is 26.0. The molecule has 0 amide bonds. The lowest BCUT2D eigenvalue weighted by Gasteiger charge is -2.27. The molecule has 9 nitrogen and oxygen atoms in total. The highest BCUT2D eigenvalue weighted by molar-refractivity contribution is 6.36. The molecule has 3 heterocycles. The monoisotopic (exact) mass is 990 g/mol. The summed E-state index contributed by atoms with van der Waals surface area (Å²) >= 11 is 48.6. The first-order valence-corrected chi connectivity index (χ1v) is 21.6. The van der Waals surface area contributed by atoms with Gasteiger partial charge in [0.25, 0.3) is 0 Å². The van der Waals surface area contributed by atoms with Crippen molar-refractivity contribution in [1.29, 1.82) is 0 Å². The average Bonchev–Trinajstić information content (AvgIpc) is 3.73. The second kappa shape index (κ2) is 21.8. The maximum atomic E-state index is 11.0. The number of fused-ring (bicyclic) bond motifs is 1. The highest BCUT2D eigenvalue weighted by Crippen LogP contribution is 2.50. The summed E-state index contributed by atoms with van der Waals surface area (Å²) < 4.78 is 40.8. The number of aliphatic hydroxyl groups excluding tert-OH is 1. The average molecular weight is 994 g/mol. The SMILES string of the molecule is CC#C[C@]1(O)C(O)O[C@H](COCc2ccc(Cl)cc2Cl)[C@H]1OCc1ccc(Cl)cc1Cl.CC#C[C@]12O[C@H]1O[C@H](COCc1ccc(Cl)cc1Cl)[C@H]2OCc1ccc(Cl)cc1Cl. The summed E-state index contributed by atoms with van der Waals surface area (Å²) in [5.74, 6) is 11.2. The molecule has 0 bridgehead atoms. The first-order chi connectivity index (χ1) is 29.2. The van der Waals surface area contributed by atoms with Crippen molar-refractivity contribution in [2.45, 2.75) is 88.5 Å². The summed E-state index contributed by atoms with van der Waals surface area (Å²) in [4.78, 5) is 0. The fourth-order valence-electron chi connectivity index (χ4n) is 6.63. The van der Waals surface area contributed by atoms with Gasteiger partial charge in [-0.2, -0.15) is 0 Å². The summed E-state index contributed by atoms with van der Waals surface area (Å²) in [6.45, 7) is 4.44. The van der Waals surface area contributed by atoms with Crippen LogP contribution in [0.25, 0.3) is 0 Å². The summed E-state index contributed by atoms with van der Waals surface area (Å²) in [5, 5.41) is 25.4. The van der Waals surface area contributed by atoms with Crippen LogP contribution >= 0.6 is 92.8 Å². The van der Waals surface area contributed by atoms with Crippen LogP contribution in [0.3, 0.4) is 0 Å². The smallest absolute Gasteiger partial charge is 0.210 e. The van der Waals surface area contributed by atoms with Crippen molar-refractivity contribution in [3.8, 4) is 23.7 Å². The van der Waals surface area contributed by atoms with Gasteiger partial charge >= 0.3 is 0 Å². The number of epoxide rings is 1. The highest BCUT2D eigenvalue weighted by Gasteiger charge is 2.71. The van der Waals surface area contributed by atoms with Gasteiger partial charge in [0.15, 0.2) is 6.29 Å². The molecule has 0 saturated carbocycles. The van der Waals surface area contributed by atoms with E-state index in [0.29, 0.717) is 59.0 Å². The second-order valence-corrected chi connectivity index (χ2v) is 17.3. The lowest BCUT2D eigenvalue weighted by Crippen LogP contribution is -2.49. The van der Waals surface area contributed by atoms with Gasteiger partial charge in [0.2, 0.25) is 17.5 Å². The van der Waals surface area contributed by atoms with Crippen molar-refractivity contribution in [2.75, 3.05) is 13.2 Å². The van der Waals surface area contributed by atoms with Crippen LogP contribution in [0.1, 0.15) is 36.1 Å². The Kier molecular flexibility index (Phi) is 17.3. The number of rotatable bonds is 14. The van der Waals surface area contributed by atoms with E-state index >= 15 is 0 Å². The molecule has 0 spiro atoms. The van der Waals surface area contributed by atoms with Crippen LogP contribution in [-0.4, -0.2) is 71.6 Å². The van der Waals surface area contributed by atoms with Gasteiger partial charge in [-0.3, -0.25) is 0 Å². The van der Waals surface area contributed by atoms with Gasteiger partial charge in [0.1, 0.15) is 24.4 Å². The predicted molar refractivity (Wildman–Crippen MR) is 238 cm³/mol. The van der Waals surface area contributed by atoms with Crippen molar-refractivity contribution >= 4 is 92.8 Å². The van der Waals surface area contributed by atoms with Crippen molar-refractivity contribution in [3.63, 3.8) is 0 Å². The quantitative estimate of drug-likeness (QED) is 0.0943. The Morgan fingerprint density at radius 3 is 1.36 bits per heavy atom. The number of hydrogen-bond donors (Lipinski definition) is 2. The minimum Gasteiger partial charge on any atom is -0.374 e. The minimum atomic E-state index is -1.93. The summed E-state index contributed by atoms with van der Waals surface area (Å²) in [6, 6.07) is 20.6. The zero-order valence-electron chi connectivity index (χ0n) is 32.4. The van der Waals surface area contributed by atoms with Gasteiger partial charge in [-0.15, -0.1) is 11.8 Å². The predicted octanol–water partition coefficient (Wildman–Crippen LogP) is 10.8.